The van der Waals surface area contributed by atoms with Crippen LogP contribution in [0, 0.1) is 5.82 Å². The van der Waals surface area contributed by atoms with Gasteiger partial charge in [0.1, 0.15) is 6.61 Å². The number of nitrogens with zero attached hydrogens (tertiary/aromatic N) is 4. The number of rotatable bonds is 8. The Labute approximate surface area is 196 Å². The zero-order valence-corrected chi connectivity index (χ0v) is 18.8. The average molecular weight is 472 g/mol. The Morgan fingerprint density at radius 1 is 1.21 bits per heavy atom. The molecule has 4 rings (SSSR count). The molecule has 1 saturated heterocycles. The second-order valence-corrected chi connectivity index (χ2v) is 7.56. The van der Waals surface area contributed by atoms with Crippen molar-refractivity contribution in [2.75, 3.05) is 43.7 Å². The first-order chi connectivity index (χ1) is 16.1. The van der Waals surface area contributed by atoms with Gasteiger partial charge in [-0.25, -0.2) is 14.8 Å². The third-order valence-electron chi connectivity index (χ3n) is 4.93. The van der Waals surface area contributed by atoms with E-state index < -0.39 is 5.82 Å². The molecule has 172 valence electrons. The average Bonchev–Trinajstić information content (AvgIpc) is 2.85. The normalized spacial score (nSPS) is 13.8. The van der Waals surface area contributed by atoms with Crippen LogP contribution in [-0.4, -0.2) is 49.6 Å². The highest BCUT2D eigenvalue weighted by atomic mass is 35.5. The third kappa shape index (κ3) is 5.88. The number of ether oxygens (including phenoxy) is 3. The van der Waals surface area contributed by atoms with E-state index in [0.29, 0.717) is 55.0 Å². The first kappa shape index (κ1) is 22.8. The number of hydrogen-bond acceptors (Lipinski definition) is 8. The van der Waals surface area contributed by atoms with E-state index in [4.69, 9.17) is 25.8 Å². The minimum Gasteiger partial charge on any atom is -0.493 e. The van der Waals surface area contributed by atoms with Crippen LogP contribution >= 0.6 is 11.6 Å². The van der Waals surface area contributed by atoms with Crippen molar-refractivity contribution in [3.05, 3.63) is 70.6 Å². The van der Waals surface area contributed by atoms with E-state index in [1.165, 1.54) is 0 Å². The minimum absolute atomic E-state index is 0.181. The van der Waals surface area contributed by atoms with E-state index in [2.05, 4.69) is 20.5 Å². The van der Waals surface area contributed by atoms with E-state index in [0.717, 1.165) is 11.8 Å². The molecule has 2 aromatic carbocycles. The number of benzene rings is 2. The minimum atomic E-state index is -0.489. The van der Waals surface area contributed by atoms with Gasteiger partial charge in [-0.05, 0) is 29.8 Å². The molecule has 0 spiro atoms. The van der Waals surface area contributed by atoms with E-state index in [1.807, 2.05) is 41.3 Å². The van der Waals surface area contributed by atoms with Gasteiger partial charge in [0.2, 0.25) is 5.95 Å². The predicted molar refractivity (Wildman–Crippen MR) is 125 cm³/mol. The standard InChI is InChI=1S/C23H23ClFN5O3/c1-31-20-4-2-3-17(21(20)33-15-16-5-7-18(24)8-6-16)13-27-29-23-26-14-19(25)22(28-23)30-9-11-32-12-10-30/h2-8,13-14H,9-12,15H2,1H3,(H,26,28,29)/b27-13-. The van der Waals surface area contributed by atoms with Crippen LogP contribution in [0.2, 0.25) is 5.02 Å². The lowest BCUT2D eigenvalue weighted by Crippen LogP contribution is -2.37. The molecule has 0 bridgehead atoms. The molecule has 1 N–H and O–H groups in total. The molecule has 33 heavy (non-hydrogen) atoms. The molecular formula is C23H23ClFN5O3. The maximum Gasteiger partial charge on any atom is 0.245 e. The van der Waals surface area contributed by atoms with Gasteiger partial charge in [0, 0.05) is 23.7 Å². The number of hydrazone groups is 1. The maximum absolute atomic E-state index is 14.2. The summed E-state index contributed by atoms with van der Waals surface area (Å²) in [5, 5.41) is 4.87. The van der Waals surface area contributed by atoms with Gasteiger partial charge in [-0.1, -0.05) is 29.8 Å². The molecule has 2 heterocycles. The number of anilines is 2. The topological polar surface area (TPSA) is 81.1 Å². The Bertz CT molecular complexity index is 1110. The van der Waals surface area contributed by atoms with Gasteiger partial charge in [0.05, 0.1) is 32.7 Å². The summed E-state index contributed by atoms with van der Waals surface area (Å²) in [5.41, 5.74) is 4.40. The van der Waals surface area contributed by atoms with Crippen LogP contribution in [0.1, 0.15) is 11.1 Å². The van der Waals surface area contributed by atoms with Crippen molar-refractivity contribution in [3.63, 3.8) is 0 Å². The molecule has 0 radical (unpaired) electrons. The smallest absolute Gasteiger partial charge is 0.245 e. The summed E-state index contributed by atoms with van der Waals surface area (Å²) in [6.45, 7) is 2.51. The number of methoxy groups -OCH3 is 1. The Kier molecular flexibility index (Phi) is 7.54. The molecule has 10 heteroatoms. The summed E-state index contributed by atoms with van der Waals surface area (Å²) in [5.74, 6) is 1.02. The molecule has 8 nitrogen and oxygen atoms in total. The van der Waals surface area contributed by atoms with Crippen LogP contribution in [0.15, 0.2) is 53.8 Å². The second-order valence-electron chi connectivity index (χ2n) is 7.13. The number of hydrogen-bond donors (Lipinski definition) is 1. The highest BCUT2D eigenvalue weighted by molar-refractivity contribution is 6.30. The van der Waals surface area contributed by atoms with Crippen LogP contribution in [0.3, 0.4) is 0 Å². The van der Waals surface area contributed by atoms with E-state index in [-0.39, 0.29) is 11.8 Å². The van der Waals surface area contributed by atoms with Crippen molar-refractivity contribution in [1.82, 2.24) is 9.97 Å². The van der Waals surface area contributed by atoms with Crippen LogP contribution in [0.5, 0.6) is 11.5 Å². The lowest BCUT2D eigenvalue weighted by atomic mass is 10.2. The van der Waals surface area contributed by atoms with Gasteiger partial charge in [-0.3, -0.25) is 0 Å². The van der Waals surface area contributed by atoms with Gasteiger partial charge >= 0.3 is 0 Å². The van der Waals surface area contributed by atoms with Gasteiger partial charge < -0.3 is 19.1 Å². The molecular weight excluding hydrogens is 449 g/mol. The molecule has 3 aromatic rings. The van der Waals surface area contributed by atoms with Crippen LogP contribution in [0.4, 0.5) is 16.2 Å². The summed E-state index contributed by atoms with van der Waals surface area (Å²) in [6.07, 6.45) is 2.70. The molecule has 0 unspecified atom stereocenters. The maximum atomic E-state index is 14.2. The molecule has 1 aliphatic heterocycles. The summed E-state index contributed by atoms with van der Waals surface area (Å²) in [4.78, 5) is 10.0. The van der Waals surface area contributed by atoms with E-state index in [9.17, 15) is 4.39 Å². The number of aromatic nitrogens is 2. The first-order valence-corrected chi connectivity index (χ1v) is 10.7. The van der Waals surface area contributed by atoms with Crippen LogP contribution in [0.25, 0.3) is 0 Å². The van der Waals surface area contributed by atoms with Gasteiger partial charge in [0.15, 0.2) is 23.1 Å². The molecule has 0 aliphatic carbocycles. The molecule has 0 atom stereocenters. The van der Waals surface area contributed by atoms with E-state index in [1.54, 1.807) is 19.4 Å². The summed E-state index contributed by atoms with van der Waals surface area (Å²) in [7, 11) is 1.57. The van der Waals surface area contributed by atoms with Crippen molar-refractivity contribution in [2.45, 2.75) is 6.61 Å². The number of halogens is 2. The Hall–Kier alpha value is -3.43. The molecule has 1 aromatic heterocycles. The predicted octanol–water partition coefficient (Wildman–Crippen LogP) is 4.14. The Morgan fingerprint density at radius 2 is 2.00 bits per heavy atom. The van der Waals surface area contributed by atoms with Crippen molar-refractivity contribution in [3.8, 4) is 11.5 Å². The van der Waals surface area contributed by atoms with Crippen molar-refractivity contribution in [1.29, 1.82) is 0 Å². The highest BCUT2D eigenvalue weighted by Crippen LogP contribution is 2.31. The zero-order valence-electron chi connectivity index (χ0n) is 18.0. The Morgan fingerprint density at radius 3 is 2.76 bits per heavy atom. The van der Waals surface area contributed by atoms with Crippen molar-refractivity contribution < 1.29 is 18.6 Å². The molecule has 1 aliphatic rings. The molecule has 0 amide bonds. The fourth-order valence-electron chi connectivity index (χ4n) is 3.25. The highest BCUT2D eigenvalue weighted by Gasteiger charge is 2.18. The number of para-hydroxylation sites is 1. The zero-order chi connectivity index (χ0) is 23.0. The summed E-state index contributed by atoms with van der Waals surface area (Å²) >= 11 is 5.95. The fraction of sp³-hybridized carbons (Fsp3) is 0.261. The quantitative estimate of drug-likeness (QED) is 0.390. The number of morpholine rings is 1. The lowest BCUT2D eigenvalue weighted by Gasteiger charge is -2.27. The SMILES string of the molecule is COc1cccc(/C=N\Nc2ncc(F)c(N3CCOCC3)n2)c1OCc1ccc(Cl)cc1. The van der Waals surface area contributed by atoms with E-state index >= 15 is 0 Å². The largest absolute Gasteiger partial charge is 0.493 e. The van der Waals surface area contributed by atoms with Crippen molar-refractivity contribution >= 4 is 29.6 Å². The molecule has 0 saturated carbocycles. The van der Waals surface area contributed by atoms with Crippen LogP contribution < -0.4 is 19.8 Å². The first-order valence-electron chi connectivity index (χ1n) is 10.3. The second kappa shape index (κ2) is 10.9. The summed E-state index contributed by atoms with van der Waals surface area (Å²) in [6, 6.07) is 12.9. The summed E-state index contributed by atoms with van der Waals surface area (Å²) < 4.78 is 31.0. The van der Waals surface area contributed by atoms with Gasteiger partial charge in [-0.15, -0.1) is 0 Å². The number of nitrogens with one attached hydrogen (secondary N) is 1. The molecule has 1 fully saturated rings. The van der Waals surface area contributed by atoms with Gasteiger partial charge in [-0.2, -0.15) is 10.1 Å². The fourth-order valence-corrected chi connectivity index (χ4v) is 3.38. The van der Waals surface area contributed by atoms with Gasteiger partial charge in [0.25, 0.3) is 0 Å². The third-order valence-corrected chi connectivity index (χ3v) is 5.18. The lowest BCUT2D eigenvalue weighted by molar-refractivity contribution is 0.122. The monoisotopic (exact) mass is 471 g/mol. The Balaban J connectivity index is 1.48. The van der Waals surface area contributed by atoms with Crippen LogP contribution in [-0.2, 0) is 11.3 Å². The van der Waals surface area contributed by atoms with Crippen molar-refractivity contribution in [2.24, 2.45) is 5.10 Å².